The van der Waals surface area contributed by atoms with Crippen molar-refractivity contribution in [3.8, 4) is 5.75 Å². The molecule has 0 aliphatic carbocycles. The summed E-state index contributed by atoms with van der Waals surface area (Å²) >= 11 is 0. The third-order valence-corrected chi connectivity index (χ3v) is 4.80. The molecule has 1 aliphatic heterocycles. The second-order valence-corrected chi connectivity index (χ2v) is 6.26. The first-order valence-corrected chi connectivity index (χ1v) is 7.46. The number of nitrogens with two attached hydrogens (primary N) is 1. The van der Waals surface area contributed by atoms with Gasteiger partial charge < -0.3 is 10.5 Å². The summed E-state index contributed by atoms with van der Waals surface area (Å²) in [5.41, 5.74) is 5.75. The maximum absolute atomic E-state index is 12.4. The second kappa shape index (κ2) is 5.26. The van der Waals surface area contributed by atoms with Crippen LogP contribution in [0.5, 0.6) is 5.75 Å². The Kier molecular flexibility index (Phi) is 3.89. The van der Waals surface area contributed by atoms with Gasteiger partial charge in [0.1, 0.15) is 5.75 Å². The van der Waals surface area contributed by atoms with Crippen LogP contribution in [0, 0.1) is 0 Å². The van der Waals surface area contributed by atoms with E-state index in [2.05, 4.69) is 0 Å². The molecular formula is C12H18N2O3S. The standard InChI is InChI=1S/C12H18N2O3S/c1-2-17-11-4-3-5-12(8-11)18(15,16)14-7-6-10(13)9-14/h3-5,8,10H,2,6-7,9,13H2,1H3/t10-/m1/s1. The first kappa shape index (κ1) is 13.3. The molecule has 2 rings (SSSR count). The first-order chi connectivity index (χ1) is 8.54. The zero-order chi connectivity index (χ0) is 13.2. The highest BCUT2D eigenvalue weighted by atomic mass is 32.2. The molecule has 0 saturated carbocycles. The Morgan fingerprint density at radius 1 is 1.50 bits per heavy atom. The van der Waals surface area contributed by atoms with Crippen LogP contribution in [0.1, 0.15) is 13.3 Å². The molecule has 1 heterocycles. The topological polar surface area (TPSA) is 72.6 Å². The fourth-order valence-electron chi connectivity index (χ4n) is 2.01. The number of sulfonamides is 1. The van der Waals surface area contributed by atoms with Crippen LogP contribution >= 0.6 is 0 Å². The number of nitrogens with zero attached hydrogens (tertiary/aromatic N) is 1. The van der Waals surface area contributed by atoms with E-state index in [-0.39, 0.29) is 10.9 Å². The molecule has 2 N–H and O–H groups in total. The predicted molar refractivity (Wildman–Crippen MR) is 69.0 cm³/mol. The minimum atomic E-state index is -3.44. The van der Waals surface area contributed by atoms with Gasteiger partial charge in [0.15, 0.2) is 0 Å². The van der Waals surface area contributed by atoms with Crippen molar-refractivity contribution in [3.05, 3.63) is 24.3 Å². The lowest BCUT2D eigenvalue weighted by molar-refractivity contribution is 0.339. The largest absolute Gasteiger partial charge is 0.494 e. The SMILES string of the molecule is CCOc1cccc(S(=O)(=O)N2CC[C@@H](N)C2)c1. The van der Waals surface area contributed by atoms with E-state index in [4.69, 9.17) is 10.5 Å². The van der Waals surface area contributed by atoms with E-state index in [1.807, 2.05) is 6.92 Å². The molecule has 100 valence electrons. The van der Waals surface area contributed by atoms with Gasteiger partial charge in [0.25, 0.3) is 0 Å². The summed E-state index contributed by atoms with van der Waals surface area (Å²) in [6, 6.07) is 6.52. The summed E-state index contributed by atoms with van der Waals surface area (Å²) in [5, 5.41) is 0. The molecule has 0 amide bonds. The lowest BCUT2D eigenvalue weighted by Crippen LogP contribution is -2.31. The Morgan fingerprint density at radius 3 is 2.89 bits per heavy atom. The van der Waals surface area contributed by atoms with Crippen LogP contribution < -0.4 is 10.5 Å². The highest BCUT2D eigenvalue weighted by molar-refractivity contribution is 7.89. The molecular weight excluding hydrogens is 252 g/mol. The maximum atomic E-state index is 12.4. The van der Waals surface area contributed by atoms with E-state index >= 15 is 0 Å². The molecule has 0 spiro atoms. The Bertz CT molecular complexity index is 516. The van der Waals surface area contributed by atoms with Crippen LogP contribution in [0.3, 0.4) is 0 Å². The van der Waals surface area contributed by atoms with Crippen molar-refractivity contribution < 1.29 is 13.2 Å². The molecule has 0 bridgehead atoms. The Morgan fingerprint density at radius 2 is 2.28 bits per heavy atom. The van der Waals surface area contributed by atoms with Crippen LogP contribution in [0.25, 0.3) is 0 Å². The van der Waals surface area contributed by atoms with Crippen LogP contribution in [0.15, 0.2) is 29.2 Å². The van der Waals surface area contributed by atoms with Crippen molar-refractivity contribution in [1.29, 1.82) is 0 Å². The van der Waals surface area contributed by atoms with Gasteiger partial charge in [0.2, 0.25) is 10.0 Å². The van der Waals surface area contributed by atoms with E-state index in [1.165, 1.54) is 4.31 Å². The summed E-state index contributed by atoms with van der Waals surface area (Å²) in [6.45, 7) is 3.25. The third-order valence-electron chi connectivity index (χ3n) is 2.94. The minimum absolute atomic E-state index is 0.0603. The summed E-state index contributed by atoms with van der Waals surface area (Å²) in [6.07, 6.45) is 0.713. The van der Waals surface area contributed by atoms with Crippen LogP contribution in [0.2, 0.25) is 0 Å². The van der Waals surface area contributed by atoms with Crippen LogP contribution in [-0.4, -0.2) is 38.5 Å². The van der Waals surface area contributed by atoms with Gasteiger partial charge in [-0.1, -0.05) is 6.07 Å². The number of rotatable bonds is 4. The number of benzene rings is 1. The summed E-state index contributed by atoms with van der Waals surface area (Å²) in [7, 11) is -3.44. The zero-order valence-corrected chi connectivity index (χ0v) is 11.2. The van der Waals surface area contributed by atoms with E-state index in [0.29, 0.717) is 31.9 Å². The van der Waals surface area contributed by atoms with E-state index in [9.17, 15) is 8.42 Å². The van der Waals surface area contributed by atoms with E-state index in [1.54, 1.807) is 24.3 Å². The normalized spacial score (nSPS) is 21.1. The lowest BCUT2D eigenvalue weighted by Gasteiger charge is -2.16. The van der Waals surface area contributed by atoms with Gasteiger partial charge in [0, 0.05) is 25.2 Å². The number of hydrogen-bond acceptors (Lipinski definition) is 4. The molecule has 18 heavy (non-hydrogen) atoms. The van der Waals surface area contributed by atoms with Crippen LogP contribution in [-0.2, 0) is 10.0 Å². The number of ether oxygens (including phenoxy) is 1. The molecule has 1 saturated heterocycles. The fourth-order valence-corrected chi connectivity index (χ4v) is 3.56. The molecule has 0 unspecified atom stereocenters. The van der Waals surface area contributed by atoms with Gasteiger partial charge >= 0.3 is 0 Å². The van der Waals surface area contributed by atoms with Gasteiger partial charge in [-0.25, -0.2) is 8.42 Å². The van der Waals surface area contributed by atoms with Crippen molar-refractivity contribution in [2.75, 3.05) is 19.7 Å². The quantitative estimate of drug-likeness (QED) is 0.878. The van der Waals surface area contributed by atoms with Crippen molar-refractivity contribution in [2.45, 2.75) is 24.3 Å². The summed E-state index contributed by atoms with van der Waals surface area (Å²) in [5.74, 6) is 0.571. The molecule has 1 aromatic carbocycles. The molecule has 1 fully saturated rings. The molecule has 1 atom stereocenters. The minimum Gasteiger partial charge on any atom is -0.494 e. The smallest absolute Gasteiger partial charge is 0.243 e. The van der Waals surface area contributed by atoms with Crippen molar-refractivity contribution in [2.24, 2.45) is 5.73 Å². The Balaban J connectivity index is 2.26. The molecule has 0 aromatic heterocycles. The van der Waals surface area contributed by atoms with Gasteiger partial charge in [-0.05, 0) is 25.5 Å². The van der Waals surface area contributed by atoms with Crippen molar-refractivity contribution in [3.63, 3.8) is 0 Å². The number of hydrogen-bond donors (Lipinski definition) is 1. The van der Waals surface area contributed by atoms with E-state index < -0.39 is 10.0 Å². The molecule has 1 aliphatic rings. The first-order valence-electron chi connectivity index (χ1n) is 6.02. The highest BCUT2D eigenvalue weighted by Gasteiger charge is 2.30. The zero-order valence-electron chi connectivity index (χ0n) is 10.4. The average molecular weight is 270 g/mol. The molecule has 5 nitrogen and oxygen atoms in total. The monoisotopic (exact) mass is 270 g/mol. The average Bonchev–Trinajstić information content (AvgIpc) is 2.77. The van der Waals surface area contributed by atoms with Crippen LogP contribution in [0.4, 0.5) is 0 Å². The molecule has 1 aromatic rings. The van der Waals surface area contributed by atoms with Crippen molar-refractivity contribution in [1.82, 2.24) is 4.31 Å². The van der Waals surface area contributed by atoms with E-state index in [0.717, 1.165) is 0 Å². The fraction of sp³-hybridized carbons (Fsp3) is 0.500. The maximum Gasteiger partial charge on any atom is 0.243 e. The Labute approximate surface area is 108 Å². The third kappa shape index (κ3) is 2.66. The van der Waals surface area contributed by atoms with Gasteiger partial charge in [-0.3, -0.25) is 0 Å². The molecule has 6 heteroatoms. The van der Waals surface area contributed by atoms with Crippen molar-refractivity contribution >= 4 is 10.0 Å². The second-order valence-electron chi connectivity index (χ2n) is 4.32. The van der Waals surface area contributed by atoms with Gasteiger partial charge in [-0.15, -0.1) is 0 Å². The predicted octanol–water partition coefficient (Wildman–Crippen LogP) is 0.807. The highest BCUT2D eigenvalue weighted by Crippen LogP contribution is 2.23. The Hall–Kier alpha value is -1.11. The molecule has 0 radical (unpaired) electrons. The van der Waals surface area contributed by atoms with Gasteiger partial charge in [-0.2, -0.15) is 4.31 Å². The summed E-state index contributed by atoms with van der Waals surface area (Å²) in [4.78, 5) is 0.266. The summed E-state index contributed by atoms with van der Waals surface area (Å²) < 4.78 is 31.5. The van der Waals surface area contributed by atoms with Gasteiger partial charge in [0.05, 0.1) is 11.5 Å². The lowest BCUT2D eigenvalue weighted by atomic mass is 10.3.